The average molecular weight is 278 g/mol. The molecule has 1 rings (SSSR count). The first-order valence-electron chi connectivity index (χ1n) is 5.69. The Morgan fingerprint density at radius 2 is 1.88 bits per heavy atom. The number of nitrogens with one attached hydrogen (secondary N) is 1. The minimum atomic E-state index is 0.0978. The Kier molecular flexibility index (Phi) is 6.47. The second kappa shape index (κ2) is 7.63. The quantitative estimate of drug-likeness (QED) is 0.776. The van der Waals surface area contributed by atoms with Crippen molar-refractivity contribution in [2.75, 3.05) is 31.5 Å². The van der Waals surface area contributed by atoms with E-state index in [-0.39, 0.29) is 10.4 Å². The number of anilines is 1. The van der Waals surface area contributed by atoms with Crippen molar-refractivity contribution >= 4 is 29.0 Å². The van der Waals surface area contributed by atoms with Crippen molar-refractivity contribution < 1.29 is 0 Å². The first-order valence-corrected chi connectivity index (χ1v) is 6.44. The maximum Gasteiger partial charge on any atom is 0.245 e. The highest BCUT2D eigenvalue weighted by molar-refractivity contribution is 6.32. The third-order valence-corrected chi connectivity index (χ3v) is 2.87. The monoisotopic (exact) mass is 277 g/mol. The Bertz CT molecular complexity index is 343. The van der Waals surface area contributed by atoms with Crippen LogP contribution in [0.3, 0.4) is 0 Å². The highest BCUT2D eigenvalue weighted by Gasteiger charge is 2.05. The maximum absolute atomic E-state index is 5.82. The lowest BCUT2D eigenvalue weighted by Gasteiger charge is -2.17. The van der Waals surface area contributed by atoms with E-state index in [1.54, 1.807) is 0 Å². The summed E-state index contributed by atoms with van der Waals surface area (Å²) in [6, 6.07) is 0. The van der Waals surface area contributed by atoms with Crippen molar-refractivity contribution in [2.24, 2.45) is 0 Å². The molecule has 0 spiro atoms. The summed E-state index contributed by atoms with van der Waals surface area (Å²) in [5.41, 5.74) is 0. The normalized spacial score (nSPS) is 10.9. The standard InChI is InChI=1S/C10H17Cl2N5/c1-3-17(4-2)7-5-6-13-9-8(11)15-16-10(12)14-9/h3-7H2,1-2H3,(H,13,14,16). The summed E-state index contributed by atoms with van der Waals surface area (Å²) in [6.45, 7) is 8.27. The zero-order chi connectivity index (χ0) is 12.7. The van der Waals surface area contributed by atoms with Crippen LogP contribution in [0.15, 0.2) is 0 Å². The van der Waals surface area contributed by atoms with Crippen molar-refractivity contribution in [3.05, 3.63) is 10.4 Å². The van der Waals surface area contributed by atoms with Crippen LogP contribution in [0.5, 0.6) is 0 Å². The van der Waals surface area contributed by atoms with Gasteiger partial charge in [-0.2, -0.15) is 4.98 Å². The molecule has 1 N–H and O–H groups in total. The minimum absolute atomic E-state index is 0.0978. The molecule has 0 saturated carbocycles. The SMILES string of the molecule is CCN(CC)CCCNc1nc(Cl)nnc1Cl. The molecule has 1 heterocycles. The summed E-state index contributed by atoms with van der Waals surface area (Å²) in [5, 5.41) is 10.7. The van der Waals surface area contributed by atoms with Gasteiger partial charge >= 0.3 is 0 Å². The Hall–Kier alpha value is -0.650. The Labute approximate surface area is 112 Å². The van der Waals surface area contributed by atoms with Gasteiger partial charge in [-0.05, 0) is 37.7 Å². The predicted octanol–water partition coefficient (Wildman–Crippen LogP) is 2.32. The van der Waals surface area contributed by atoms with Crippen molar-refractivity contribution in [3.63, 3.8) is 0 Å². The van der Waals surface area contributed by atoms with Crippen molar-refractivity contribution in [1.29, 1.82) is 0 Å². The second-order valence-electron chi connectivity index (χ2n) is 3.53. The number of aromatic nitrogens is 3. The molecule has 0 amide bonds. The second-order valence-corrected chi connectivity index (χ2v) is 4.22. The van der Waals surface area contributed by atoms with Crippen LogP contribution in [0.2, 0.25) is 10.4 Å². The maximum atomic E-state index is 5.82. The molecule has 0 bridgehead atoms. The van der Waals surface area contributed by atoms with Gasteiger partial charge in [0.05, 0.1) is 0 Å². The van der Waals surface area contributed by atoms with E-state index in [2.05, 4.69) is 39.2 Å². The van der Waals surface area contributed by atoms with E-state index >= 15 is 0 Å². The smallest absolute Gasteiger partial charge is 0.245 e. The van der Waals surface area contributed by atoms with Gasteiger partial charge in [-0.25, -0.2) is 0 Å². The van der Waals surface area contributed by atoms with E-state index in [0.29, 0.717) is 5.82 Å². The Balaban J connectivity index is 2.33. The lowest BCUT2D eigenvalue weighted by Crippen LogP contribution is -2.25. The predicted molar refractivity (Wildman–Crippen MR) is 70.7 cm³/mol. The molecule has 0 aliphatic carbocycles. The van der Waals surface area contributed by atoms with Gasteiger partial charge in [0, 0.05) is 6.54 Å². The van der Waals surface area contributed by atoms with E-state index in [9.17, 15) is 0 Å². The molecule has 0 aliphatic heterocycles. The molecule has 5 nitrogen and oxygen atoms in total. The molecule has 1 aromatic heterocycles. The van der Waals surface area contributed by atoms with Crippen LogP contribution < -0.4 is 5.32 Å². The molecule has 7 heteroatoms. The number of hydrogen-bond acceptors (Lipinski definition) is 5. The molecular formula is C10H17Cl2N5. The molecule has 0 aliphatic rings. The largest absolute Gasteiger partial charge is 0.367 e. The highest BCUT2D eigenvalue weighted by Crippen LogP contribution is 2.16. The first kappa shape index (κ1) is 14.4. The summed E-state index contributed by atoms with van der Waals surface area (Å²) in [4.78, 5) is 6.32. The van der Waals surface area contributed by atoms with Crippen LogP contribution in [0.1, 0.15) is 20.3 Å². The molecule has 0 fully saturated rings. The molecule has 0 unspecified atom stereocenters. The third kappa shape index (κ3) is 5.02. The molecule has 1 aromatic rings. The third-order valence-electron chi connectivity index (χ3n) is 2.46. The molecule has 0 aromatic carbocycles. The van der Waals surface area contributed by atoms with Crippen LogP contribution in [0.25, 0.3) is 0 Å². The van der Waals surface area contributed by atoms with Crippen molar-refractivity contribution in [2.45, 2.75) is 20.3 Å². The fourth-order valence-corrected chi connectivity index (χ4v) is 1.72. The lowest BCUT2D eigenvalue weighted by atomic mass is 10.3. The molecule has 17 heavy (non-hydrogen) atoms. The zero-order valence-corrected chi connectivity index (χ0v) is 11.6. The fourth-order valence-electron chi connectivity index (χ4n) is 1.46. The van der Waals surface area contributed by atoms with Gasteiger partial charge in [-0.15, -0.1) is 10.2 Å². The van der Waals surface area contributed by atoms with Gasteiger partial charge in [-0.3, -0.25) is 0 Å². The summed E-state index contributed by atoms with van der Waals surface area (Å²) in [6.07, 6.45) is 1.01. The van der Waals surface area contributed by atoms with E-state index in [4.69, 9.17) is 23.2 Å². The molecule has 0 atom stereocenters. The first-order chi connectivity index (χ1) is 8.17. The Morgan fingerprint density at radius 3 is 2.53 bits per heavy atom. The number of rotatable bonds is 7. The van der Waals surface area contributed by atoms with Crippen LogP contribution in [-0.4, -0.2) is 46.3 Å². The zero-order valence-electron chi connectivity index (χ0n) is 10.1. The van der Waals surface area contributed by atoms with Crippen LogP contribution in [-0.2, 0) is 0 Å². The Morgan fingerprint density at radius 1 is 1.18 bits per heavy atom. The van der Waals surface area contributed by atoms with Crippen molar-refractivity contribution in [1.82, 2.24) is 20.1 Å². The van der Waals surface area contributed by atoms with Gasteiger partial charge in [0.1, 0.15) is 0 Å². The van der Waals surface area contributed by atoms with Crippen LogP contribution in [0.4, 0.5) is 5.82 Å². The van der Waals surface area contributed by atoms with Crippen LogP contribution >= 0.6 is 23.2 Å². The van der Waals surface area contributed by atoms with Gasteiger partial charge < -0.3 is 10.2 Å². The summed E-state index contributed by atoms with van der Waals surface area (Å²) in [5.74, 6) is 0.492. The van der Waals surface area contributed by atoms with Gasteiger partial charge in [0.2, 0.25) is 5.28 Å². The van der Waals surface area contributed by atoms with Crippen molar-refractivity contribution in [3.8, 4) is 0 Å². The highest BCUT2D eigenvalue weighted by atomic mass is 35.5. The summed E-state index contributed by atoms with van der Waals surface area (Å²) >= 11 is 11.5. The summed E-state index contributed by atoms with van der Waals surface area (Å²) in [7, 11) is 0. The molecule has 96 valence electrons. The molecule has 0 radical (unpaired) electrons. The molecule has 0 saturated heterocycles. The van der Waals surface area contributed by atoms with Gasteiger partial charge in [-0.1, -0.05) is 25.4 Å². The number of hydrogen-bond donors (Lipinski definition) is 1. The summed E-state index contributed by atoms with van der Waals surface area (Å²) < 4.78 is 0. The minimum Gasteiger partial charge on any atom is -0.367 e. The lowest BCUT2D eigenvalue weighted by molar-refractivity contribution is 0.303. The fraction of sp³-hybridized carbons (Fsp3) is 0.700. The topological polar surface area (TPSA) is 53.9 Å². The van der Waals surface area contributed by atoms with Gasteiger partial charge in [0.25, 0.3) is 0 Å². The molecular weight excluding hydrogens is 261 g/mol. The van der Waals surface area contributed by atoms with Gasteiger partial charge in [0.15, 0.2) is 11.0 Å². The van der Waals surface area contributed by atoms with E-state index in [0.717, 1.165) is 32.6 Å². The van der Waals surface area contributed by atoms with E-state index in [1.807, 2.05) is 0 Å². The van der Waals surface area contributed by atoms with E-state index < -0.39 is 0 Å². The van der Waals surface area contributed by atoms with E-state index in [1.165, 1.54) is 0 Å². The number of halogens is 2. The average Bonchev–Trinajstić information content (AvgIpc) is 2.33. The van der Waals surface area contributed by atoms with Crippen LogP contribution in [0, 0.1) is 0 Å². The number of nitrogens with zero attached hydrogens (tertiary/aromatic N) is 4.